The third-order valence-corrected chi connectivity index (χ3v) is 15.8. The van der Waals surface area contributed by atoms with Gasteiger partial charge in [-0.25, -0.2) is 0 Å². The van der Waals surface area contributed by atoms with Crippen LogP contribution < -0.4 is 0 Å². The smallest absolute Gasteiger partial charge is 0.306 e. The third-order valence-electron chi connectivity index (χ3n) is 15.8. The van der Waals surface area contributed by atoms with E-state index < -0.39 is 6.10 Å². The molecule has 0 saturated heterocycles. The van der Waals surface area contributed by atoms with Gasteiger partial charge in [0.25, 0.3) is 0 Å². The topological polar surface area (TPSA) is 78.9 Å². The lowest BCUT2D eigenvalue weighted by atomic mass is 10.0. The van der Waals surface area contributed by atoms with Crippen LogP contribution in [-0.4, -0.2) is 37.2 Å². The summed E-state index contributed by atoms with van der Waals surface area (Å²) in [6.45, 7) is 6.55. The van der Waals surface area contributed by atoms with E-state index in [9.17, 15) is 14.4 Å². The molecule has 0 amide bonds. The molecule has 466 valence electrons. The molecular formula is C74H134O6. The molecule has 0 radical (unpaired) electrons. The second kappa shape index (κ2) is 68.6. The number of hydrogen-bond acceptors (Lipinski definition) is 6. The summed E-state index contributed by atoms with van der Waals surface area (Å²) in [6.07, 6.45) is 88.3. The molecule has 0 bridgehead atoms. The molecule has 0 aromatic heterocycles. The minimum atomic E-state index is -0.796. The van der Waals surface area contributed by atoms with Gasteiger partial charge in [0.2, 0.25) is 0 Å². The molecular weight excluding hydrogens is 985 g/mol. The van der Waals surface area contributed by atoms with E-state index in [2.05, 4.69) is 81.5 Å². The first-order valence-corrected chi connectivity index (χ1v) is 35.3. The molecule has 1 atom stereocenters. The minimum absolute atomic E-state index is 0.0867. The summed E-state index contributed by atoms with van der Waals surface area (Å²) in [5, 5.41) is 0. The van der Waals surface area contributed by atoms with Crippen LogP contribution in [0.2, 0.25) is 0 Å². The Morgan fingerprint density at radius 2 is 0.487 bits per heavy atom. The normalized spacial score (nSPS) is 12.4. The summed E-state index contributed by atoms with van der Waals surface area (Å²) in [7, 11) is 0. The molecule has 1 unspecified atom stereocenters. The lowest BCUT2D eigenvalue weighted by molar-refractivity contribution is -0.167. The van der Waals surface area contributed by atoms with Gasteiger partial charge in [-0.1, -0.05) is 358 Å². The lowest BCUT2D eigenvalue weighted by Crippen LogP contribution is -2.30. The number of rotatable bonds is 65. The predicted molar refractivity (Wildman–Crippen MR) is 348 cm³/mol. The van der Waals surface area contributed by atoms with Crippen molar-refractivity contribution in [3.8, 4) is 0 Å². The number of allylic oxidation sites excluding steroid dienone is 10. The highest BCUT2D eigenvalue weighted by molar-refractivity contribution is 5.71. The Morgan fingerprint density at radius 1 is 0.263 bits per heavy atom. The maximum atomic E-state index is 12.9. The van der Waals surface area contributed by atoms with Crippen LogP contribution in [0, 0.1) is 0 Å². The molecule has 6 nitrogen and oxygen atoms in total. The van der Waals surface area contributed by atoms with E-state index in [1.165, 1.54) is 250 Å². The Labute approximate surface area is 498 Å². The van der Waals surface area contributed by atoms with Crippen molar-refractivity contribution in [2.75, 3.05) is 13.2 Å². The van der Waals surface area contributed by atoms with Crippen LogP contribution in [0.15, 0.2) is 60.8 Å². The van der Waals surface area contributed by atoms with Crippen molar-refractivity contribution >= 4 is 17.9 Å². The van der Waals surface area contributed by atoms with Crippen molar-refractivity contribution in [3.05, 3.63) is 60.8 Å². The zero-order valence-corrected chi connectivity index (χ0v) is 53.6. The molecule has 0 rings (SSSR count). The molecule has 0 aromatic carbocycles. The summed E-state index contributed by atoms with van der Waals surface area (Å²) in [5.41, 5.74) is 0. The SMILES string of the molecule is CC/C=C\C/C=C\C/C=C\C/C=C\C/C=C\CCCC(=O)OCC(COC(=O)CCCCCCCCCCCCCCCCCCCCCCCCCCCC)OC(=O)CCCCCCCCCCCCCCCCCCCCC. The van der Waals surface area contributed by atoms with Gasteiger partial charge in [-0.2, -0.15) is 0 Å². The monoisotopic (exact) mass is 1120 g/mol. The number of ether oxygens (including phenoxy) is 3. The first kappa shape index (κ1) is 77.1. The van der Waals surface area contributed by atoms with Crippen LogP contribution in [-0.2, 0) is 28.6 Å². The van der Waals surface area contributed by atoms with Crippen LogP contribution in [0.25, 0.3) is 0 Å². The van der Waals surface area contributed by atoms with E-state index in [1.807, 2.05) is 0 Å². The van der Waals surface area contributed by atoms with Gasteiger partial charge in [0.15, 0.2) is 6.10 Å². The van der Waals surface area contributed by atoms with Gasteiger partial charge in [0.1, 0.15) is 13.2 Å². The highest BCUT2D eigenvalue weighted by Gasteiger charge is 2.19. The molecule has 0 N–H and O–H groups in total. The van der Waals surface area contributed by atoms with Gasteiger partial charge < -0.3 is 14.2 Å². The quantitative estimate of drug-likeness (QED) is 0.0261. The maximum absolute atomic E-state index is 12.9. The van der Waals surface area contributed by atoms with E-state index >= 15 is 0 Å². The Bertz CT molecular complexity index is 1430. The maximum Gasteiger partial charge on any atom is 0.306 e. The Kier molecular flexibility index (Phi) is 66.1. The molecule has 0 aliphatic carbocycles. The van der Waals surface area contributed by atoms with Gasteiger partial charge >= 0.3 is 17.9 Å². The van der Waals surface area contributed by atoms with Crippen LogP contribution in [0.4, 0.5) is 0 Å². The third kappa shape index (κ3) is 65.9. The van der Waals surface area contributed by atoms with Gasteiger partial charge in [0, 0.05) is 19.3 Å². The van der Waals surface area contributed by atoms with Gasteiger partial charge in [-0.3, -0.25) is 14.4 Å². The standard InChI is InChI=1S/C74H134O6/c1-4-7-10-13-16-19-22-25-28-31-33-34-35-36-37-38-39-41-43-46-49-52-55-58-61-64-67-73(76)79-70-71(69-78-72(75)66-63-60-57-54-51-48-45-42-30-27-24-21-18-15-12-9-6-3)80-74(77)68-65-62-59-56-53-50-47-44-40-32-29-26-23-20-17-14-11-8-5-2/h9,12,18,21,27,30,45,48,54,57,71H,4-8,10-11,13-17,19-20,22-26,28-29,31-44,46-47,49-53,55-56,58-70H2,1-3H3/b12-9-,21-18-,30-27-,48-45-,57-54-. The van der Waals surface area contributed by atoms with Crippen LogP contribution >= 0.6 is 0 Å². The van der Waals surface area contributed by atoms with Gasteiger partial charge in [-0.15, -0.1) is 0 Å². The van der Waals surface area contributed by atoms with Crippen molar-refractivity contribution in [3.63, 3.8) is 0 Å². The van der Waals surface area contributed by atoms with Crippen LogP contribution in [0.1, 0.15) is 374 Å². The average molecular weight is 1120 g/mol. The largest absolute Gasteiger partial charge is 0.462 e. The molecule has 0 aromatic rings. The number of hydrogen-bond donors (Lipinski definition) is 0. The van der Waals surface area contributed by atoms with E-state index in [-0.39, 0.29) is 37.5 Å². The predicted octanol–water partition coefficient (Wildman–Crippen LogP) is 24.3. The summed E-state index contributed by atoms with van der Waals surface area (Å²) in [4.78, 5) is 38.4. The Hall–Kier alpha value is -2.89. The molecule has 0 aliphatic rings. The highest BCUT2D eigenvalue weighted by Crippen LogP contribution is 2.19. The van der Waals surface area contributed by atoms with Gasteiger partial charge in [0.05, 0.1) is 0 Å². The fourth-order valence-electron chi connectivity index (χ4n) is 10.5. The zero-order valence-electron chi connectivity index (χ0n) is 53.6. The van der Waals surface area contributed by atoms with Gasteiger partial charge in [-0.05, 0) is 57.8 Å². The minimum Gasteiger partial charge on any atom is -0.462 e. The van der Waals surface area contributed by atoms with Crippen LogP contribution in [0.3, 0.4) is 0 Å². The second-order valence-electron chi connectivity index (χ2n) is 23.8. The number of carbonyl (C=O) groups excluding carboxylic acids is 3. The van der Waals surface area contributed by atoms with E-state index in [0.717, 1.165) is 77.0 Å². The van der Waals surface area contributed by atoms with Crippen molar-refractivity contribution in [1.29, 1.82) is 0 Å². The first-order valence-electron chi connectivity index (χ1n) is 35.3. The molecule has 0 heterocycles. The fraction of sp³-hybridized carbons (Fsp3) is 0.824. The van der Waals surface area contributed by atoms with Crippen molar-refractivity contribution in [1.82, 2.24) is 0 Å². The molecule has 80 heavy (non-hydrogen) atoms. The Balaban J connectivity index is 4.31. The summed E-state index contributed by atoms with van der Waals surface area (Å²) in [6, 6.07) is 0. The number of carbonyl (C=O) groups is 3. The molecule has 0 saturated carbocycles. The molecule has 6 heteroatoms. The van der Waals surface area contributed by atoms with Crippen molar-refractivity contribution in [2.45, 2.75) is 380 Å². The highest BCUT2D eigenvalue weighted by atomic mass is 16.6. The van der Waals surface area contributed by atoms with Crippen molar-refractivity contribution < 1.29 is 28.6 Å². The number of unbranched alkanes of at least 4 members (excludes halogenated alkanes) is 44. The lowest BCUT2D eigenvalue weighted by Gasteiger charge is -2.18. The summed E-state index contributed by atoms with van der Waals surface area (Å²) < 4.78 is 16.9. The fourth-order valence-corrected chi connectivity index (χ4v) is 10.5. The van der Waals surface area contributed by atoms with E-state index in [0.29, 0.717) is 19.3 Å². The average Bonchev–Trinajstić information content (AvgIpc) is 3.46. The second-order valence-corrected chi connectivity index (χ2v) is 23.8. The van der Waals surface area contributed by atoms with E-state index in [4.69, 9.17) is 14.2 Å². The Morgan fingerprint density at radius 3 is 0.762 bits per heavy atom. The summed E-state index contributed by atoms with van der Waals surface area (Å²) >= 11 is 0. The molecule has 0 spiro atoms. The van der Waals surface area contributed by atoms with Crippen molar-refractivity contribution in [2.24, 2.45) is 0 Å². The van der Waals surface area contributed by atoms with Crippen LogP contribution in [0.5, 0.6) is 0 Å². The molecule has 0 aliphatic heterocycles. The molecule has 0 fully saturated rings. The summed E-state index contributed by atoms with van der Waals surface area (Å²) in [5.74, 6) is -0.922. The van der Waals surface area contributed by atoms with E-state index in [1.54, 1.807) is 0 Å². The zero-order chi connectivity index (χ0) is 57.8. The number of esters is 3. The first-order chi connectivity index (χ1) is 39.5.